The lowest BCUT2D eigenvalue weighted by molar-refractivity contribution is 0.112. The number of rotatable bonds is 3. The van der Waals surface area contributed by atoms with Crippen LogP contribution in [0.15, 0.2) is 36.4 Å². The first-order valence-corrected chi connectivity index (χ1v) is 5.55. The summed E-state index contributed by atoms with van der Waals surface area (Å²) in [6.45, 7) is 0. The smallest absolute Gasteiger partial charge is 0.150 e. The van der Waals surface area contributed by atoms with E-state index in [9.17, 15) is 9.18 Å². The van der Waals surface area contributed by atoms with Crippen molar-refractivity contribution in [3.8, 4) is 23.6 Å². The van der Waals surface area contributed by atoms with Crippen molar-refractivity contribution in [3.05, 3.63) is 58.9 Å². The molecule has 0 aliphatic carbocycles. The summed E-state index contributed by atoms with van der Waals surface area (Å²) >= 11 is 0. The molecule has 2 rings (SSSR count). The molecule has 0 aromatic heterocycles. The van der Waals surface area contributed by atoms with Gasteiger partial charge in [0, 0.05) is 5.56 Å². The molecule has 0 radical (unpaired) electrons. The third-order valence-corrected chi connectivity index (χ3v) is 2.57. The first kappa shape index (κ1) is 13.3. The van der Waals surface area contributed by atoms with Gasteiger partial charge in [0.15, 0.2) is 0 Å². The summed E-state index contributed by atoms with van der Waals surface area (Å²) in [4.78, 5) is 10.6. The Labute approximate surface area is 114 Å². The Hall–Kier alpha value is -3.18. The highest BCUT2D eigenvalue weighted by molar-refractivity contribution is 5.76. The molecule has 2 aromatic rings. The predicted octanol–water partition coefficient (Wildman–Crippen LogP) is 3.17. The molecule has 0 saturated carbocycles. The van der Waals surface area contributed by atoms with Crippen LogP contribution in [-0.2, 0) is 0 Å². The molecule has 0 aliphatic heterocycles. The number of carbonyl (C=O) groups is 1. The predicted molar refractivity (Wildman–Crippen MR) is 67.7 cm³/mol. The third kappa shape index (κ3) is 2.47. The normalized spacial score (nSPS) is 9.35. The van der Waals surface area contributed by atoms with Crippen LogP contribution in [0.4, 0.5) is 4.39 Å². The van der Waals surface area contributed by atoms with Gasteiger partial charge in [0.2, 0.25) is 0 Å². The van der Waals surface area contributed by atoms with Crippen LogP contribution < -0.4 is 4.74 Å². The molecule has 0 amide bonds. The van der Waals surface area contributed by atoms with E-state index < -0.39 is 5.82 Å². The van der Waals surface area contributed by atoms with E-state index in [2.05, 4.69) is 0 Å². The summed E-state index contributed by atoms with van der Waals surface area (Å²) in [5, 5.41) is 17.9. The van der Waals surface area contributed by atoms with Crippen molar-refractivity contribution in [3.63, 3.8) is 0 Å². The molecule has 0 heterocycles. The fourth-order valence-corrected chi connectivity index (χ4v) is 1.61. The van der Waals surface area contributed by atoms with Crippen molar-refractivity contribution in [1.29, 1.82) is 10.5 Å². The van der Waals surface area contributed by atoms with Gasteiger partial charge in [0.05, 0.1) is 5.56 Å². The van der Waals surface area contributed by atoms with Gasteiger partial charge in [-0.1, -0.05) is 6.07 Å². The largest absolute Gasteiger partial charge is 0.454 e. The Morgan fingerprint density at radius 3 is 2.55 bits per heavy atom. The van der Waals surface area contributed by atoms with Crippen LogP contribution in [-0.4, -0.2) is 6.29 Å². The van der Waals surface area contributed by atoms with Crippen molar-refractivity contribution >= 4 is 6.29 Å². The fraction of sp³-hybridized carbons (Fsp3) is 0. The second-order valence-electron chi connectivity index (χ2n) is 3.81. The maximum absolute atomic E-state index is 13.4. The van der Waals surface area contributed by atoms with Crippen molar-refractivity contribution in [1.82, 2.24) is 0 Å². The average Bonchev–Trinajstić information content (AvgIpc) is 2.48. The maximum Gasteiger partial charge on any atom is 0.150 e. The molecule has 4 nitrogen and oxygen atoms in total. The fourth-order valence-electron chi connectivity index (χ4n) is 1.61. The van der Waals surface area contributed by atoms with Crippen molar-refractivity contribution in [2.24, 2.45) is 0 Å². The minimum Gasteiger partial charge on any atom is -0.454 e. The van der Waals surface area contributed by atoms with Crippen LogP contribution in [0.3, 0.4) is 0 Å². The summed E-state index contributed by atoms with van der Waals surface area (Å²) in [5.74, 6) is -0.531. The number of hydrogen-bond donors (Lipinski definition) is 0. The number of aldehydes is 1. The molecule has 5 heteroatoms. The summed E-state index contributed by atoms with van der Waals surface area (Å²) in [7, 11) is 0. The highest BCUT2D eigenvalue weighted by atomic mass is 19.1. The number of carbonyl (C=O) groups excluding carboxylic acids is 1. The van der Waals surface area contributed by atoms with E-state index in [0.717, 1.165) is 6.07 Å². The van der Waals surface area contributed by atoms with Gasteiger partial charge in [0.25, 0.3) is 0 Å². The molecule has 0 atom stereocenters. The van der Waals surface area contributed by atoms with E-state index in [1.165, 1.54) is 30.3 Å². The molecule has 2 aromatic carbocycles. The quantitative estimate of drug-likeness (QED) is 0.799. The first-order chi connectivity index (χ1) is 9.69. The molecule has 0 saturated heterocycles. The lowest BCUT2D eigenvalue weighted by Gasteiger charge is -2.09. The van der Waals surface area contributed by atoms with Gasteiger partial charge in [-0.05, 0) is 30.3 Å². The van der Waals surface area contributed by atoms with Crippen molar-refractivity contribution < 1.29 is 13.9 Å². The Bertz CT molecular complexity index is 757. The van der Waals surface area contributed by atoms with Gasteiger partial charge >= 0.3 is 0 Å². The lowest BCUT2D eigenvalue weighted by atomic mass is 10.1. The molecule has 20 heavy (non-hydrogen) atoms. The Morgan fingerprint density at radius 2 is 1.90 bits per heavy atom. The van der Waals surface area contributed by atoms with E-state index in [4.69, 9.17) is 15.3 Å². The molecule has 0 unspecified atom stereocenters. The Balaban J connectivity index is 2.46. The van der Waals surface area contributed by atoms with E-state index in [0.29, 0.717) is 11.8 Å². The zero-order valence-electron chi connectivity index (χ0n) is 10.1. The van der Waals surface area contributed by atoms with Gasteiger partial charge in [-0.25, -0.2) is 4.39 Å². The number of nitriles is 2. The van der Waals surface area contributed by atoms with Crippen molar-refractivity contribution in [2.75, 3.05) is 0 Å². The van der Waals surface area contributed by atoms with Crippen LogP contribution in [0, 0.1) is 28.5 Å². The summed E-state index contributed by atoms with van der Waals surface area (Å²) in [6, 6.07) is 11.8. The summed E-state index contributed by atoms with van der Waals surface area (Å²) in [5.41, 5.74) is 0.215. The highest BCUT2D eigenvalue weighted by Gasteiger charge is 2.12. The SMILES string of the molecule is N#Cc1cc(C=O)ccc1Oc1cccc(F)c1C#N. The summed E-state index contributed by atoms with van der Waals surface area (Å²) in [6.07, 6.45) is 0.605. The number of hydrogen-bond acceptors (Lipinski definition) is 4. The van der Waals surface area contributed by atoms with Gasteiger partial charge in [-0.15, -0.1) is 0 Å². The zero-order valence-corrected chi connectivity index (χ0v) is 10.1. The molecule has 0 fully saturated rings. The van der Waals surface area contributed by atoms with E-state index in [-0.39, 0.29) is 22.6 Å². The standard InChI is InChI=1S/C15H7FN2O2/c16-13-2-1-3-15(12(13)8-18)20-14-5-4-10(9-19)6-11(14)7-17/h1-6,9H. The van der Waals surface area contributed by atoms with Gasteiger partial charge in [-0.3, -0.25) is 4.79 Å². The molecular weight excluding hydrogens is 259 g/mol. The third-order valence-electron chi connectivity index (χ3n) is 2.57. The molecule has 0 N–H and O–H groups in total. The summed E-state index contributed by atoms with van der Waals surface area (Å²) < 4.78 is 18.8. The second-order valence-corrected chi connectivity index (χ2v) is 3.81. The number of nitrogens with zero attached hydrogens (tertiary/aromatic N) is 2. The van der Waals surface area contributed by atoms with Crippen molar-refractivity contribution in [2.45, 2.75) is 0 Å². The van der Waals surface area contributed by atoms with E-state index in [1.807, 2.05) is 6.07 Å². The van der Waals surface area contributed by atoms with Crippen LogP contribution in [0.5, 0.6) is 11.5 Å². The maximum atomic E-state index is 13.4. The lowest BCUT2D eigenvalue weighted by Crippen LogP contribution is -1.94. The topological polar surface area (TPSA) is 73.9 Å². The average molecular weight is 266 g/mol. The monoisotopic (exact) mass is 266 g/mol. The zero-order chi connectivity index (χ0) is 14.5. The Kier molecular flexibility index (Phi) is 3.74. The van der Waals surface area contributed by atoms with Gasteiger partial charge in [0.1, 0.15) is 41.3 Å². The van der Waals surface area contributed by atoms with Crippen LogP contribution in [0.25, 0.3) is 0 Å². The van der Waals surface area contributed by atoms with Crippen LogP contribution in [0.1, 0.15) is 21.5 Å². The molecule has 0 aliphatic rings. The molecular formula is C15H7FN2O2. The molecule has 96 valence electrons. The van der Waals surface area contributed by atoms with E-state index >= 15 is 0 Å². The minimum atomic E-state index is -0.701. The van der Waals surface area contributed by atoms with Crippen LogP contribution in [0.2, 0.25) is 0 Å². The molecule has 0 spiro atoms. The van der Waals surface area contributed by atoms with Crippen LogP contribution >= 0.6 is 0 Å². The Morgan fingerprint density at radius 1 is 1.10 bits per heavy atom. The first-order valence-electron chi connectivity index (χ1n) is 5.55. The van der Waals surface area contributed by atoms with E-state index in [1.54, 1.807) is 6.07 Å². The van der Waals surface area contributed by atoms with Gasteiger partial charge in [-0.2, -0.15) is 10.5 Å². The number of ether oxygens (including phenoxy) is 1. The number of benzene rings is 2. The highest BCUT2D eigenvalue weighted by Crippen LogP contribution is 2.29. The molecule has 0 bridgehead atoms. The minimum absolute atomic E-state index is 0.0165. The van der Waals surface area contributed by atoms with Gasteiger partial charge < -0.3 is 4.74 Å². The number of halogens is 1. The second kappa shape index (κ2) is 5.64.